The zero-order valence-corrected chi connectivity index (χ0v) is 16.9. The van der Waals surface area contributed by atoms with Gasteiger partial charge in [-0.3, -0.25) is 0 Å². The normalized spacial score (nSPS) is 12.2. The Morgan fingerprint density at radius 1 is 1.11 bits per heavy atom. The number of carbonyl (C=O) groups excluding carboxylic acids is 2. The maximum absolute atomic E-state index is 12.1. The molecule has 0 aliphatic carbocycles. The summed E-state index contributed by atoms with van der Waals surface area (Å²) >= 11 is 0. The van der Waals surface area contributed by atoms with Crippen molar-refractivity contribution in [2.75, 3.05) is 7.11 Å². The Balaban J connectivity index is 2.14. The third-order valence-corrected chi connectivity index (χ3v) is 4.09. The summed E-state index contributed by atoms with van der Waals surface area (Å²) in [6.45, 7) is 7.19. The zero-order chi connectivity index (χ0) is 20.9. The first kappa shape index (κ1) is 21.3. The topological polar surface area (TPSA) is 84.9 Å². The molecule has 0 aromatic heterocycles. The van der Waals surface area contributed by atoms with Crippen molar-refractivity contribution in [3.8, 4) is 16.9 Å². The van der Waals surface area contributed by atoms with Gasteiger partial charge in [0.2, 0.25) is 0 Å². The highest BCUT2D eigenvalue weighted by Crippen LogP contribution is 2.26. The Hall–Kier alpha value is -3.02. The average Bonchev–Trinajstić information content (AvgIpc) is 2.60. The van der Waals surface area contributed by atoms with E-state index in [2.05, 4.69) is 5.32 Å². The van der Waals surface area contributed by atoms with Gasteiger partial charge in [0, 0.05) is 6.42 Å². The Morgan fingerprint density at radius 2 is 1.75 bits per heavy atom. The summed E-state index contributed by atoms with van der Waals surface area (Å²) in [5.41, 5.74) is 3.18. The Morgan fingerprint density at radius 3 is 2.29 bits per heavy atom. The number of hydrogen-bond donors (Lipinski definition) is 2. The first-order valence-corrected chi connectivity index (χ1v) is 9.05. The molecule has 0 spiro atoms. The average molecular weight is 385 g/mol. The fourth-order valence-electron chi connectivity index (χ4n) is 2.81. The number of carbonyl (C=O) groups is 2. The molecule has 0 aliphatic rings. The van der Waals surface area contributed by atoms with Gasteiger partial charge in [0.25, 0.3) is 0 Å². The summed E-state index contributed by atoms with van der Waals surface area (Å²) in [5.74, 6) is -0.309. The van der Waals surface area contributed by atoms with Gasteiger partial charge >= 0.3 is 12.1 Å². The van der Waals surface area contributed by atoms with E-state index in [0.29, 0.717) is 0 Å². The Labute approximate surface area is 165 Å². The van der Waals surface area contributed by atoms with Crippen molar-refractivity contribution < 1.29 is 24.2 Å². The maximum Gasteiger partial charge on any atom is 0.408 e. The van der Waals surface area contributed by atoms with Crippen molar-refractivity contribution in [2.24, 2.45) is 0 Å². The third kappa shape index (κ3) is 6.01. The molecule has 1 amide bonds. The second kappa shape index (κ2) is 8.78. The van der Waals surface area contributed by atoms with Crippen LogP contribution in [-0.2, 0) is 20.7 Å². The fourth-order valence-corrected chi connectivity index (χ4v) is 2.81. The second-order valence-electron chi connectivity index (χ2n) is 7.62. The van der Waals surface area contributed by atoms with Crippen LogP contribution in [0.3, 0.4) is 0 Å². The first-order chi connectivity index (χ1) is 13.1. The van der Waals surface area contributed by atoms with E-state index in [1.165, 1.54) is 7.11 Å². The van der Waals surface area contributed by atoms with E-state index in [1.54, 1.807) is 32.9 Å². The van der Waals surface area contributed by atoms with Crippen LogP contribution >= 0.6 is 0 Å². The molecule has 1 atom stereocenters. The number of alkyl carbamates (subject to hydrolysis) is 1. The van der Waals surface area contributed by atoms with Crippen molar-refractivity contribution in [1.82, 2.24) is 5.32 Å². The molecule has 2 aromatic rings. The third-order valence-electron chi connectivity index (χ3n) is 4.09. The van der Waals surface area contributed by atoms with E-state index < -0.39 is 23.7 Å². The SMILES string of the molecule is COC(=O)[C@H](Cc1ccc(-c2ccc(O)cc2C)cc1)NC(=O)OC(C)(C)C. The van der Waals surface area contributed by atoms with E-state index >= 15 is 0 Å². The molecule has 0 unspecified atom stereocenters. The number of rotatable bonds is 5. The molecule has 2 rings (SSSR count). The molecule has 2 N–H and O–H groups in total. The van der Waals surface area contributed by atoms with E-state index in [-0.39, 0.29) is 12.2 Å². The number of hydrogen-bond acceptors (Lipinski definition) is 5. The maximum atomic E-state index is 12.1. The highest BCUT2D eigenvalue weighted by molar-refractivity contribution is 5.81. The number of ether oxygens (including phenoxy) is 2. The Bertz CT molecular complexity index is 837. The largest absolute Gasteiger partial charge is 0.508 e. The van der Waals surface area contributed by atoms with Gasteiger partial charge in [0.15, 0.2) is 0 Å². The zero-order valence-electron chi connectivity index (χ0n) is 16.9. The minimum absolute atomic E-state index is 0.229. The van der Waals surface area contributed by atoms with Crippen LogP contribution in [0.4, 0.5) is 4.79 Å². The number of phenolic OH excluding ortho intramolecular Hbond substituents is 1. The molecule has 150 valence electrons. The summed E-state index contributed by atoms with van der Waals surface area (Å²) in [5, 5.41) is 12.1. The lowest BCUT2D eigenvalue weighted by Crippen LogP contribution is -2.45. The van der Waals surface area contributed by atoms with Crippen molar-refractivity contribution in [3.05, 3.63) is 53.6 Å². The molecular formula is C22H27NO5. The molecule has 0 bridgehead atoms. The number of esters is 1. The van der Waals surface area contributed by atoms with Crippen molar-refractivity contribution in [2.45, 2.75) is 45.8 Å². The smallest absolute Gasteiger partial charge is 0.408 e. The minimum Gasteiger partial charge on any atom is -0.508 e. The molecular weight excluding hydrogens is 358 g/mol. The van der Waals surface area contributed by atoms with Crippen LogP contribution in [-0.4, -0.2) is 35.9 Å². The van der Waals surface area contributed by atoms with E-state index in [9.17, 15) is 14.7 Å². The van der Waals surface area contributed by atoms with Crippen LogP contribution in [0.2, 0.25) is 0 Å². The highest BCUT2D eigenvalue weighted by Gasteiger charge is 2.25. The van der Waals surface area contributed by atoms with Crippen LogP contribution in [0.15, 0.2) is 42.5 Å². The van der Waals surface area contributed by atoms with Crippen molar-refractivity contribution >= 4 is 12.1 Å². The quantitative estimate of drug-likeness (QED) is 0.761. The number of aromatic hydroxyl groups is 1. The van der Waals surface area contributed by atoms with Crippen LogP contribution in [0.5, 0.6) is 5.75 Å². The van der Waals surface area contributed by atoms with Crippen LogP contribution in [0, 0.1) is 6.92 Å². The first-order valence-electron chi connectivity index (χ1n) is 9.05. The van der Waals surface area contributed by atoms with E-state index in [1.807, 2.05) is 37.3 Å². The lowest BCUT2D eigenvalue weighted by molar-refractivity contribution is -0.143. The predicted octanol–water partition coefficient (Wildman–Crippen LogP) is 3.98. The number of phenols is 1. The van der Waals surface area contributed by atoms with Crippen LogP contribution in [0.25, 0.3) is 11.1 Å². The van der Waals surface area contributed by atoms with Crippen LogP contribution in [0.1, 0.15) is 31.9 Å². The molecule has 0 saturated heterocycles. The number of methoxy groups -OCH3 is 1. The highest BCUT2D eigenvalue weighted by atomic mass is 16.6. The summed E-state index contributed by atoms with van der Waals surface area (Å²) in [4.78, 5) is 24.1. The summed E-state index contributed by atoms with van der Waals surface area (Å²) in [6.07, 6.45) is -0.389. The van der Waals surface area contributed by atoms with Gasteiger partial charge in [-0.05, 0) is 62.1 Å². The molecule has 28 heavy (non-hydrogen) atoms. The van der Waals surface area contributed by atoms with Crippen molar-refractivity contribution in [1.29, 1.82) is 0 Å². The van der Waals surface area contributed by atoms with E-state index in [0.717, 1.165) is 22.3 Å². The molecule has 2 aromatic carbocycles. The molecule has 6 heteroatoms. The molecule has 0 aliphatic heterocycles. The minimum atomic E-state index is -0.846. The number of benzene rings is 2. The van der Waals surface area contributed by atoms with Gasteiger partial charge in [0.05, 0.1) is 7.11 Å². The predicted molar refractivity (Wildman–Crippen MR) is 107 cm³/mol. The van der Waals surface area contributed by atoms with E-state index in [4.69, 9.17) is 9.47 Å². The van der Waals surface area contributed by atoms with Crippen LogP contribution < -0.4 is 5.32 Å². The van der Waals surface area contributed by atoms with Gasteiger partial charge in [0.1, 0.15) is 17.4 Å². The molecule has 0 radical (unpaired) electrons. The van der Waals surface area contributed by atoms with Crippen molar-refractivity contribution in [3.63, 3.8) is 0 Å². The Kier molecular flexibility index (Phi) is 6.67. The molecule has 0 heterocycles. The standard InChI is InChI=1S/C22H27NO5/c1-14-12-17(24)10-11-18(14)16-8-6-15(7-9-16)13-19(20(25)27-5)23-21(26)28-22(2,3)4/h6-12,19,24H,13H2,1-5H3,(H,23,26)/t19-/m0/s1. The lowest BCUT2D eigenvalue weighted by Gasteiger charge is -2.22. The number of aryl methyl sites for hydroxylation is 1. The van der Waals surface area contributed by atoms with Gasteiger partial charge in [-0.15, -0.1) is 0 Å². The van der Waals surface area contributed by atoms with Gasteiger partial charge < -0.3 is 19.9 Å². The van der Waals surface area contributed by atoms with Gasteiger partial charge in [-0.25, -0.2) is 9.59 Å². The monoisotopic (exact) mass is 385 g/mol. The number of nitrogens with one attached hydrogen (secondary N) is 1. The lowest BCUT2D eigenvalue weighted by atomic mass is 9.97. The number of amides is 1. The summed E-state index contributed by atoms with van der Waals surface area (Å²) < 4.78 is 10.0. The van der Waals surface area contributed by atoms with Gasteiger partial charge in [-0.1, -0.05) is 30.3 Å². The molecule has 0 saturated carbocycles. The van der Waals surface area contributed by atoms with Gasteiger partial charge in [-0.2, -0.15) is 0 Å². The fraction of sp³-hybridized carbons (Fsp3) is 0.364. The summed E-state index contributed by atoms with van der Waals surface area (Å²) in [7, 11) is 1.28. The molecule has 6 nitrogen and oxygen atoms in total. The second-order valence-corrected chi connectivity index (χ2v) is 7.62. The molecule has 0 fully saturated rings. The summed E-state index contributed by atoms with van der Waals surface area (Å²) in [6, 6.07) is 12.0.